The summed E-state index contributed by atoms with van der Waals surface area (Å²) in [6.07, 6.45) is -8.84. The molecule has 4 aromatic rings. The first kappa shape index (κ1) is 66.4. The van der Waals surface area contributed by atoms with Crippen LogP contribution in [0, 0.1) is 12.7 Å². The van der Waals surface area contributed by atoms with Crippen LogP contribution >= 0.6 is 0 Å². The van der Waals surface area contributed by atoms with Crippen molar-refractivity contribution < 1.29 is 96.4 Å². The average Bonchev–Trinajstić information content (AvgIpc) is 1.74. The zero-order valence-electron chi connectivity index (χ0n) is 48.9. The zero-order chi connectivity index (χ0) is 64.6. The van der Waals surface area contributed by atoms with E-state index in [1.165, 1.54) is 16.7 Å². The standard InChI is InChI=1S/C58H70F2N10O19/c1-5-58(85)32-16-38-47-30(22-70(38)53(81)31(32)24-88-55(58)83)46-34(12-11-29-27(2)33(59)17-36(67-47)45(29)46)68-54(82)57(3,60)25-87-26-65-43(74)20-64-52(80)37(15-28-9-7-6-8-10-28)66-44(75)21-62-42(73)19-63-51(79)35(69-56(84)86-4)13-14-41(72)61-18-39-48(76)50(78)49(77)40(23-71)89-39/h6-10,16-17,34-35,37,39-40,48-50,71,76-78,85H,5,11-15,18-26H2,1-4H3,(H,61,72)(H,62,73)(H,63,79)(H,64,80)(H,65,74)(H,66,75)(H,68,82)(H,69,84)/t34-,35-,37-,39-,40+,48-,49+,50+,57?,58-/m0/s1. The first-order valence-corrected chi connectivity index (χ1v) is 28.5. The van der Waals surface area contributed by atoms with Gasteiger partial charge < -0.3 is 91.6 Å². The molecule has 13 N–H and O–H groups in total. The number of aryl methyl sites for hydroxylation is 1. The van der Waals surface area contributed by atoms with E-state index in [1.807, 2.05) is 0 Å². The number of nitrogens with zero attached hydrogens (tertiary/aromatic N) is 2. The van der Waals surface area contributed by atoms with Gasteiger partial charge in [0.05, 0.1) is 75.0 Å². The van der Waals surface area contributed by atoms with Gasteiger partial charge in [0.25, 0.3) is 11.5 Å². The summed E-state index contributed by atoms with van der Waals surface area (Å²) >= 11 is 0. The van der Waals surface area contributed by atoms with Crippen LogP contribution in [0.3, 0.4) is 0 Å². The molecular weight excluding hydrogens is 1180 g/mol. The van der Waals surface area contributed by atoms with Gasteiger partial charge in [-0.05, 0) is 67.9 Å². The molecular formula is C58H70F2N10O19. The minimum atomic E-state index is -2.71. The fourth-order valence-electron chi connectivity index (χ4n) is 11.0. The number of alkyl halides is 1. The molecule has 1 saturated heterocycles. The van der Waals surface area contributed by atoms with Crippen molar-refractivity contribution in [2.24, 2.45) is 0 Å². The van der Waals surface area contributed by atoms with E-state index >= 15 is 8.78 Å². The highest BCUT2D eigenvalue weighted by atomic mass is 19.1. The van der Waals surface area contributed by atoms with Crippen molar-refractivity contribution in [1.82, 2.24) is 52.1 Å². The third-order valence-electron chi connectivity index (χ3n) is 16.1. The van der Waals surface area contributed by atoms with Crippen LogP contribution in [0.1, 0.15) is 84.5 Å². The fourth-order valence-corrected chi connectivity index (χ4v) is 11.0. The largest absolute Gasteiger partial charge is 0.458 e. The summed E-state index contributed by atoms with van der Waals surface area (Å²) in [6, 6.07) is 7.55. The van der Waals surface area contributed by atoms with Gasteiger partial charge in [-0.3, -0.25) is 38.4 Å². The molecule has 0 radical (unpaired) electrons. The number of carbonyl (C=O) groups excluding carboxylic acids is 9. The second-order valence-electron chi connectivity index (χ2n) is 22.1. The molecule has 3 aliphatic heterocycles. The first-order chi connectivity index (χ1) is 42.3. The Hall–Kier alpha value is -8.59. The second kappa shape index (κ2) is 28.3. The van der Waals surface area contributed by atoms with Crippen molar-refractivity contribution in [3.8, 4) is 11.4 Å². The van der Waals surface area contributed by atoms with E-state index in [0.29, 0.717) is 33.2 Å². The molecule has 29 nitrogen and oxygen atoms in total. The lowest BCUT2D eigenvalue weighted by Crippen LogP contribution is -2.60. The number of nitrogens with one attached hydrogen (secondary N) is 8. The first-order valence-electron chi connectivity index (χ1n) is 28.5. The molecule has 89 heavy (non-hydrogen) atoms. The summed E-state index contributed by atoms with van der Waals surface area (Å²) in [4.78, 5) is 136. The normalized spacial score (nSPS) is 21.9. The number of hydrogen-bond donors (Lipinski definition) is 13. The zero-order valence-corrected chi connectivity index (χ0v) is 48.9. The van der Waals surface area contributed by atoms with Crippen LogP contribution in [-0.2, 0) is 88.9 Å². The van der Waals surface area contributed by atoms with Gasteiger partial charge in [0, 0.05) is 42.0 Å². The maximum atomic E-state index is 16.3. The predicted octanol–water partition coefficient (Wildman–Crippen LogP) is -3.01. The number of fused-ring (bicyclic) bond motifs is 5. The van der Waals surface area contributed by atoms with Crippen LogP contribution in [0.15, 0.2) is 47.3 Å². The maximum Gasteiger partial charge on any atom is 0.407 e. The van der Waals surface area contributed by atoms with E-state index in [9.17, 15) is 73.5 Å². The number of hydrogen-bond acceptors (Lipinski definition) is 20. The van der Waals surface area contributed by atoms with Crippen LogP contribution < -0.4 is 48.1 Å². The molecule has 1 aliphatic carbocycles. The summed E-state index contributed by atoms with van der Waals surface area (Å²) in [6.45, 7) is -0.905. The van der Waals surface area contributed by atoms with E-state index in [0.717, 1.165) is 14.0 Å². The lowest BCUT2D eigenvalue weighted by atomic mass is 9.81. The predicted molar refractivity (Wildman–Crippen MR) is 303 cm³/mol. The van der Waals surface area contributed by atoms with Gasteiger partial charge >= 0.3 is 12.1 Å². The van der Waals surface area contributed by atoms with Gasteiger partial charge in [0.2, 0.25) is 41.1 Å². The average molecular weight is 1250 g/mol. The highest BCUT2D eigenvalue weighted by Crippen LogP contribution is 2.46. The SMILES string of the molecule is CC[C@@]1(O)C(=O)OCc2c1cc1n(c2=O)Cc2c-1nc1cc(F)c(C)c3c1c2[C@@H](NC(=O)C(C)(F)COCNC(=O)CNC(=O)[C@H](Cc1ccccc1)NC(=O)CNC(=O)CNC(=O)[C@H](CCC(=O)NC[C@@H]1O[C@H](CO)[C@@H](O)[C@H](O)[C@H]1O)NC(=O)OC)CC3. The Morgan fingerprint density at radius 1 is 0.854 bits per heavy atom. The van der Waals surface area contributed by atoms with Gasteiger partial charge in [-0.1, -0.05) is 37.3 Å². The van der Waals surface area contributed by atoms with E-state index < -0.39 is 171 Å². The molecule has 31 heteroatoms. The highest BCUT2D eigenvalue weighted by molar-refractivity contribution is 5.96. The maximum absolute atomic E-state index is 16.3. The molecule has 2 aromatic carbocycles. The number of carbonyl (C=O) groups is 9. The molecule has 0 saturated carbocycles. The number of benzene rings is 2. The highest BCUT2D eigenvalue weighted by Gasteiger charge is 2.47. The number of alkyl carbamates (subject to hydrolysis) is 1. The minimum Gasteiger partial charge on any atom is -0.458 e. The van der Waals surface area contributed by atoms with E-state index in [-0.39, 0.29) is 79.8 Å². The minimum absolute atomic E-state index is 0.0531. The molecule has 2 aromatic heterocycles. The van der Waals surface area contributed by atoms with Crippen molar-refractivity contribution in [3.63, 3.8) is 0 Å². The number of aliphatic hydroxyl groups is 5. The Labute approximate surface area is 505 Å². The molecule has 0 bridgehead atoms. The molecule has 10 atom stereocenters. The number of halogens is 2. The van der Waals surface area contributed by atoms with Crippen LogP contribution in [0.5, 0.6) is 0 Å². The van der Waals surface area contributed by atoms with E-state index in [2.05, 4.69) is 47.3 Å². The van der Waals surface area contributed by atoms with Crippen molar-refractivity contribution in [3.05, 3.63) is 97.6 Å². The van der Waals surface area contributed by atoms with Gasteiger partial charge in [-0.15, -0.1) is 0 Å². The Bertz CT molecular complexity index is 3480. The third-order valence-corrected chi connectivity index (χ3v) is 16.1. The number of esters is 1. The van der Waals surface area contributed by atoms with E-state index in [4.69, 9.17) is 19.2 Å². The number of rotatable bonds is 25. The van der Waals surface area contributed by atoms with Crippen LogP contribution in [0.25, 0.3) is 22.3 Å². The molecule has 0 spiro atoms. The monoisotopic (exact) mass is 1250 g/mol. The molecule has 8 rings (SSSR count). The van der Waals surface area contributed by atoms with E-state index in [1.54, 1.807) is 44.2 Å². The molecule has 5 heterocycles. The van der Waals surface area contributed by atoms with Gasteiger partial charge in [-0.25, -0.2) is 23.4 Å². The Morgan fingerprint density at radius 2 is 1.53 bits per heavy atom. The fraction of sp³-hybridized carbons (Fsp3) is 0.500. The number of aliphatic hydroxyl groups excluding tert-OH is 4. The number of pyridine rings is 2. The topological polar surface area (TPSA) is 423 Å². The van der Waals surface area contributed by atoms with Crippen molar-refractivity contribution in [1.29, 1.82) is 0 Å². The number of aromatic nitrogens is 2. The molecule has 1 fully saturated rings. The van der Waals surface area contributed by atoms with Gasteiger partial charge in [0.1, 0.15) is 61.8 Å². The number of methoxy groups -OCH3 is 1. The molecule has 480 valence electrons. The number of amides is 8. The van der Waals surface area contributed by atoms with Gasteiger partial charge in [0.15, 0.2) is 5.60 Å². The lowest BCUT2D eigenvalue weighted by Gasteiger charge is -2.40. The Morgan fingerprint density at radius 3 is 2.21 bits per heavy atom. The summed E-state index contributed by atoms with van der Waals surface area (Å²) < 4.78 is 53.7. The van der Waals surface area contributed by atoms with Crippen LogP contribution in [-0.4, -0.2) is 190 Å². The molecule has 1 unspecified atom stereocenters. The third kappa shape index (κ3) is 14.8. The van der Waals surface area contributed by atoms with Gasteiger partial charge in [-0.2, -0.15) is 0 Å². The summed E-state index contributed by atoms with van der Waals surface area (Å²) in [5, 5.41) is 70.8. The number of ether oxygens (including phenoxy) is 4. The van der Waals surface area contributed by atoms with Crippen molar-refractivity contribution in [2.75, 3.05) is 53.2 Å². The van der Waals surface area contributed by atoms with Crippen molar-refractivity contribution >= 4 is 64.3 Å². The molecule has 8 amide bonds. The quantitative estimate of drug-likeness (QED) is 0.0157. The second-order valence-corrected chi connectivity index (χ2v) is 22.1. The Kier molecular flexibility index (Phi) is 21.1. The Balaban J connectivity index is 0.806. The molecule has 4 aliphatic rings. The van der Waals surface area contributed by atoms with Crippen LogP contribution in [0.4, 0.5) is 13.6 Å². The van der Waals surface area contributed by atoms with Crippen LogP contribution in [0.2, 0.25) is 0 Å². The lowest BCUT2D eigenvalue weighted by molar-refractivity contribution is -0.227. The number of cyclic esters (lactones) is 1. The summed E-state index contributed by atoms with van der Waals surface area (Å²) in [7, 11) is 1.02. The summed E-state index contributed by atoms with van der Waals surface area (Å²) in [5.74, 6) is -7.58. The van der Waals surface area contributed by atoms with Crippen molar-refractivity contribution in [2.45, 2.75) is 132 Å². The summed E-state index contributed by atoms with van der Waals surface area (Å²) in [5.41, 5.74) is -1.94. The smallest absolute Gasteiger partial charge is 0.407 e.